The molecule has 0 aliphatic heterocycles. The highest BCUT2D eigenvalue weighted by atomic mass is 79.9. The third-order valence-electron chi connectivity index (χ3n) is 2.39. The molecule has 0 spiro atoms. The summed E-state index contributed by atoms with van der Waals surface area (Å²) in [7, 11) is 0. The van der Waals surface area contributed by atoms with E-state index in [2.05, 4.69) is 21.2 Å². The third-order valence-corrected chi connectivity index (χ3v) is 4.15. The Balaban J connectivity index is 1.90. The summed E-state index contributed by atoms with van der Waals surface area (Å²) in [6.07, 6.45) is 0. The van der Waals surface area contributed by atoms with Crippen LogP contribution in [0.4, 0.5) is 10.1 Å². The molecule has 0 heterocycles. The van der Waals surface area contributed by atoms with Crippen molar-refractivity contribution in [3.63, 3.8) is 0 Å². The van der Waals surface area contributed by atoms with Gasteiger partial charge in [0.25, 0.3) is 0 Å². The van der Waals surface area contributed by atoms with Crippen LogP contribution >= 0.6 is 39.3 Å². The summed E-state index contributed by atoms with van der Waals surface area (Å²) in [5.41, 5.74) is 0.176. The highest BCUT2D eigenvalue weighted by Gasteiger charge is 2.08. The van der Waals surface area contributed by atoms with Gasteiger partial charge in [0.1, 0.15) is 5.82 Å². The van der Waals surface area contributed by atoms with Gasteiger partial charge in [-0.1, -0.05) is 27.5 Å². The Hall–Kier alpha value is -1.04. The average Bonchev–Trinajstić information content (AvgIpc) is 2.41. The fraction of sp³-hybridized carbons (Fsp3) is 0.0714. The van der Waals surface area contributed by atoms with Gasteiger partial charge in [0.15, 0.2) is 0 Å². The highest BCUT2D eigenvalue weighted by molar-refractivity contribution is 9.10. The van der Waals surface area contributed by atoms with E-state index in [9.17, 15) is 9.18 Å². The zero-order valence-corrected chi connectivity index (χ0v) is 13.4. The number of benzene rings is 2. The third kappa shape index (κ3) is 4.51. The Labute approximate surface area is 133 Å². The van der Waals surface area contributed by atoms with Gasteiger partial charge in [0.2, 0.25) is 5.91 Å². The molecule has 0 unspecified atom stereocenters. The smallest absolute Gasteiger partial charge is 0.234 e. The number of anilines is 1. The quantitative estimate of drug-likeness (QED) is 0.765. The molecule has 2 rings (SSSR count). The molecule has 0 atom stereocenters. The molecular formula is C14H10BrClFNOS. The molecule has 0 saturated heterocycles. The van der Waals surface area contributed by atoms with Gasteiger partial charge < -0.3 is 5.32 Å². The van der Waals surface area contributed by atoms with Gasteiger partial charge in [-0.2, -0.15) is 0 Å². The summed E-state index contributed by atoms with van der Waals surface area (Å²) >= 11 is 10.3. The second kappa shape index (κ2) is 7.11. The molecule has 2 aromatic rings. The Morgan fingerprint density at radius 2 is 1.95 bits per heavy atom. The zero-order chi connectivity index (χ0) is 14.5. The van der Waals surface area contributed by atoms with Crippen molar-refractivity contribution in [2.75, 3.05) is 11.1 Å². The van der Waals surface area contributed by atoms with Crippen LogP contribution in [0.1, 0.15) is 0 Å². The molecule has 0 saturated carbocycles. The van der Waals surface area contributed by atoms with Crippen LogP contribution in [0.15, 0.2) is 51.8 Å². The minimum atomic E-state index is -0.468. The number of carbonyl (C=O) groups excluding carboxylic acids is 1. The predicted octanol–water partition coefficient (Wildman–Crippen LogP) is 4.97. The van der Waals surface area contributed by atoms with Crippen LogP contribution in [0.2, 0.25) is 5.02 Å². The van der Waals surface area contributed by atoms with Gasteiger partial charge in [-0.15, -0.1) is 11.8 Å². The average molecular weight is 375 g/mol. The van der Waals surface area contributed by atoms with Crippen LogP contribution in [0.3, 0.4) is 0 Å². The van der Waals surface area contributed by atoms with Crippen molar-refractivity contribution in [3.05, 3.63) is 57.8 Å². The number of rotatable bonds is 4. The van der Waals surface area contributed by atoms with Crippen molar-refractivity contribution in [3.8, 4) is 0 Å². The SMILES string of the molecule is O=C(CSc1ccc(Cl)cc1)Nc1ccc(Br)cc1F. The van der Waals surface area contributed by atoms with E-state index in [1.165, 1.54) is 23.9 Å². The molecule has 2 aromatic carbocycles. The summed E-state index contributed by atoms with van der Waals surface area (Å²) in [4.78, 5) is 12.7. The maximum atomic E-state index is 13.6. The molecule has 2 nitrogen and oxygen atoms in total. The number of hydrogen-bond acceptors (Lipinski definition) is 2. The molecule has 0 radical (unpaired) electrons. The fourth-order valence-electron chi connectivity index (χ4n) is 1.46. The van der Waals surface area contributed by atoms with Gasteiger partial charge in [-0.25, -0.2) is 4.39 Å². The van der Waals surface area contributed by atoms with E-state index in [1.54, 1.807) is 18.2 Å². The molecule has 104 valence electrons. The zero-order valence-electron chi connectivity index (χ0n) is 10.2. The Morgan fingerprint density at radius 3 is 2.60 bits per heavy atom. The summed E-state index contributed by atoms with van der Waals surface area (Å²) in [6, 6.07) is 11.7. The first kappa shape index (κ1) is 15.4. The second-order valence-corrected chi connectivity index (χ2v) is 6.32. The van der Waals surface area contributed by atoms with Crippen molar-refractivity contribution in [1.29, 1.82) is 0 Å². The van der Waals surface area contributed by atoms with Crippen molar-refractivity contribution in [2.45, 2.75) is 4.90 Å². The van der Waals surface area contributed by atoms with E-state index in [0.29, 0.717) is 9.50 Å². The fourth-order valence-corrected chi connectivity index (χ4v) is 2.61. The molecule has 0 bridgehead atoms. The minimum Gasteiger partial charge on any atom is -0.323 e. The number of halogens is 3. The maximum Gasteiger partial charge on any atom is 0.234 e. The van der Waals surface area contributed by atoms with Crippen molar-refractivity contribution < 1.29 is 9.18 Å². The Kier molecular flexibility index (Phi) is 5.46. The van der Waals surface area contributed by atoms with Crippen LogP contribution in [-0.2, 0) is 4.79 Å². The molecule has 0 fully saturated rings. The van der Waals surface area contributed by atoms with Crippen LogP contribution in [0.25, 0.3) is 0 Å². The van der Waals surface area contributed by atoms with Gasteiger partial charge in [0.05, 0.1) is 11.4 Å². The van der Waals surface area contributed by atoms with E-state index >= 15 is 0 Å². The first-order valence-corrected chi connectivity index (χ1v) is 7.83. The first-order chi connectivity index (χ1) is 9.54. The molecule has 6 heteroatoms. The largest absolute Gasteiger partial charge is 0.323 e. The monoisotopic (exact) mass is 373 g/mol. The van der Waals surface area contributed by atoms with Gasteiger partial charge in [0, 0.05) is 14.4 Å². The molecule has 1 amide bonds. The molecule has 0 aromatic heterocycles. The van der Waals surface area contributed by atoms with Gasteiger partial charge >= 0.3 is 0 Å². The lowest BCUT2D eigenvalue weighted by molar-refractivity contribution is -0.113. The normalized spacial score (nSPS) is 10.3. The van der Waals surface area contributed by atoms with Crippen molar-refractivity contribution in [2.24, 2.45) is 0 Å². The maximum absolute atomic E-state index is 13.6. The van der Waals surface area contributed by atoms with E-state index in [0.717, 1.165) is 4.90 Å². The Morgan fingerprint density at radius 1 is 1.25 bits per heavy atom. The summed E-state index contributed by atoms with van der Waals surface area (Å²) < 4.78 is 14.2. The van der Waals surface area contributed by atoms with Crippen molar-refractivity contribution >= 4 is 50.9 Å². The predicted molar refractivity (Wildman–Crippen MR) is 84.9 cm³/mol. The number of nitrogens with one attached hydrogen (secondary N) is 1. The molecule has 0 aliphatic rings. The first-order valence-electron chi connectivity index (χ1n) is 5.68. The van der Waals surface area contributed by atoms with E-state index in [4.69, 9.17) is 11.6 Å². The van der Waals surface area contributed by atoms with Crippen LogP contribution in [0, 0.1) is 5.82 Å². The topological polar surface area (TPSA) is 29.1 Å². The second-order valence-electron chi connectivity index (χ2n) is 3.91. The number of hydrogen-bond donors (Lipinski definition) is 1. The van der Waals surface area contributed by atoms with Crippen LogP contribution in [-0.4, -0.2) is 11.7 Å². The van der Waals surface area contributed by atoms with Crippen molar-refractivity contribution in [1.82, 2.24) is 0 Å². The van der Waals surface area contributed by atoms with E-state index < -0.39 is 5.82 Å². The Bertz CT molecular complexity index is 621. The standard InChI is InChI=1S/C14H10BrClFNOS/c15-9-1-6-13(12(17)7-9)18-14(19)8-20-11-4-2-10(16)3-5-11/h1-7H,8H2,(H,18,19). The lowest BCUT2D eigenvalue weighted by Gasteiger charge is -2.06. The lowest BCUT2D eigenvalue weighted by atomic mass is 10.3. The summed E-state index contributed by atoms with van der Waals surface area (Å²) in [5, 5.41) is 3.19. The lowest BCUT2D eigenvalue weighted by Crippen LogP contribution is -2.14. The van der Waals surface area contributed by atoms with E-state index in [-0.39, 0.29) is 17.3 Å². The van der Waals surface area contributed by atoms with E-state index in [1.807, 2.05) is 12.1 Å². The molecule has 1 N–H and O–H groups in total. The molecule has 20 heavy (non-hydrogen) atoms. The number of amides is 1. The van der Waals surface area contributed by atoms with Gasteiger partial charge in [-0.05, 0) is 42.5 Å². The summed E-state index contributed by atoms with van der Waals surface area (Å²) in [5.74, 6) is -0.521. The number of carbonyl (C=O) groups is 1. The highest BCUT2D eigenvalue weighted by Crippen LogP contribution is 2.22. The molecular weight excluding hydrogens is 365 g/mol. The van der Waals surface area contributed by atoms with Gasteiger partial charge in [-0.3, -0.25) is 4.79 Å². The number of thioether (sulfide) groups is 1. The summed E-state index contributed by atoms with van der Waals surface area (Å²) in [6.45, 7) is 0. The van der Waals surface area contributed by atoms with Crippen LogP contribution in [0.5, 0.6) is 0 Å². The molecule has 0 aliphatic carbocycles. The van der Waals surface area contributed by atoms with Crippen LogP contribution < -0.4 is 5.32 Å². The minimum absolute atomic E-state index is 0.176.